The van der Waals surface area contributed by atoms with E-state index in [0.29, 0.717) is 0 Å². The SMILES string of the molecule is NCCCNCCCCNC(=O)C=Cc1ccccc1. The van der Waals surface area contributed by atoms with Crippen molar-refractivity contribution in [3.05, 3.63) is 42.0 Å². The number of carbonyl (C=O) groups excluding carboxylic acids is 1. The number of hydrogen-bond donors (Lipinski definition) is 3. The van der Waals surface area contributed by atoms with Gasteiger partial charge in [0.15, 0.2) is 0 Å². The van der Waals surface area contributed by atoms with E-state index in [4.69, 9.17) is 5.73 Å². The number of hydrogen-bond acceptors (Lipinski definition) is 3. The lowest BCUT2D eigenvalue weighted by molar-refractivity contribution is -0.116. The van der Waals surface area contributed by atoms with Crippen LogP contribution in [0, 0.1) is 0 Å². The second kappa shape index (κ2) is 11.2. The molecule has 4 heteroatoms. The molecule has 0 aromatic heterocycles. The van der Waals surface area contributed by atoms with Crippen LogP contribution in [0.4, 0.5) is 0 Å². The van der Waals surface area contributed by atoms with Crippen LogP contribution in [0.15, 0.2) is 36.4 Å². The highest BCUT2D eigenvalue weighted by Crippen LogP contribution is 2.00. The van der Waals surface area contributed by atoms with Gasteiger partial charge >= 0.3 is 0 Å². The van der Waals surface area contributed by atoms with E-state index in [1.165, 1.54) is 0 Å². The Balaban J connectivity index is 2.02. The maximum Gasteiger partial charge on any atom is 0.243 e. The molecule has 0 saturated heterocycles. The summed E-state index contributed by atoms with van der Waals surface area (Å²) in [6.45, 7) is 3.41. The van der Waals surface area contributed by atoms with Crippen LogP contribution < -0.4 is 16.4 Å². The largest absolute Gasteiger partial charge is 0.353 e. The van der Waals surface area contributed by atoms with E-state index in [1.54, 1.807) is 6.08 Å². The van der Waals surface area contributed by atoms with Crippen molar-refractivity contribution in [2.24, 2.45) is 5.73 Å². The lowest BCUT2D eigenvalue weighted by Gasteiger charge is -2.04. The van der Waals surface area contributed by atoms with E-state index in [1.807, 2.05) is 36.4 Å². The number of unbranched alkanes of at least 4 members (excludes halogenated alkanes) is 1. The Morgan fingerprint density at radius 3 is 2.50 bits per heavy atom. The second-order valence-corrected chi connectivity index (χ2v) is 4.63. The summed E-state index contributed by atoms with van der Waals surface area (Å²) in [6, 6.07) is 9.80. The maximum absolute atomic E-state index is 11.6. The predicted octanol–water partition coefficient (Wildman–Crippen LogP) is 1.53. The van der Waals surface area contributed by atoms with Gasteiger partial charge in [-0.05, 0) is 50.5 Å². The zero-order valence-electron chi connectivity index (χ0n) is 12.0. The summed E-state index contributed by atoms with van der Waals surface area (Å²) in [5, 5.41) is 6.20. The molecule has 0 heterocycles. The fourth-order valence-corrected chi connectivity index (χ4v) is 1.73. The summed E-state index contributed by atoms with van der Waals surface area (Å²) in [5.41, 5.74) is 6.43. The minimum atomic E-state index is -0.0371. The van der Waals surface area contributed by atoms with E-state index in [9.17, 15) is 4.79 Å². The zero-order valence-corrected chi connectivity index (χ0v) is 12.0. The zero-order chi connectivity index (χ0) is 14.5. The molecule has 1 rings (SSSR count). The predicted molar refractivity (Wildman–Crippen MR) is 84.3 cm³/mol. The molecule has 0 aliphatic rings. The highest BCUT2D eigenvalue weighted by Gasteiger charge is 1.95. The van der Waals surface area contributed by atoms with Gasteiger partial charge in [-0.3, -0.25) is 4.79 Å². The number of rotatable bonds is 10. The number of carbonyl (C=O) groups is 1. The van der Waals surface area contributed by atoms with E-state index >= 15 is 0 Å². The molecule has 0 aliphatic heterocycles. The van der Waals surface area contributed by atoms with Gasteiger partial charge in [-0.2, -0.15) is 0 Å². The average Bonchev–Trinajstić information content (AvgIpc) is 2.49. The minimum absolute atomic E-state index is 0.0371. The molecule has 0 unspecified atom stereocenters. The molecular weight excluding hydrogens is 250 g/mol. The summed E-state index contributed by atoms with van der Waals surface area (Å²) >= 11 is 0. The van der Waals surface area contributed by atoms with Crippen LogP contribution in [0.1, 0.15) is 24.8 Å². The molecule has 110 valence electrons. The van der Waals surface area contributed by atoms with Crippen molar-refractivity contribution in [1.29, 1.82) is 0 Å². The Morgan fingerprint density at radius 1 is 1.05 bits per heavy atom. The van der Waals surface area contributed by atoms with Gasteiger partial charge in [-0.15, -0.1) is 0 Å². The van der Waals surface area contributed by atoms with E-state index in [2.05, 4.69) is 10.6 Å². The molecule has 0 radical (unpaired) electrons. The van der Waals surface area contributed by atoms with Crippen molar-refractivity contribution in [2.75, 3.05) is 26.2 Å². The molecule has 0 aliphatic carbocycles. The van der Waals surface area contributed by atoms with E-state index in [0.717, 1.165) is 51.0 Å². The Bertz CT molecular complexity index is 390. The molecule has 4 nitrogen and oxygen atoms in total. The van der Waals surface area contributed by atoms with Crippen molar-refractivity contribution in [1.82, 2.24) is 10.6 Å². The third-order valence-electron chi connectivity index (χ3n) is 2.86. The lowest BCUT2D eigenvalue weighted by Crippen LogP contribution is -2.24. The number of amides is 1. The topological polar surface area (TPSA) is 67.2 Å². The first-order chi connectivity index (χ1) is 9.83. The Kier molecular flexibility index (Phi) is 9.19. The first-order valence-corrected chi connectivity index (χ1v) is 7.24. The highest BCUT2D eigenvalue weighted by molar-refractivity contribution is 5.91. The van der Waals surface area contributed by atoms with Crippen LogP contribution >= 0.6 is 0 Å². The molecule has 0 atom stereocenters. The quantitative estimate of drug-likeness (QED) is 0.448. The number of nitrogens with one attached hydrogen (secondary N) is 2. The Hall–Kier alpha value is -1.65. The van der Waals surface area contributed by atoms with Crippen LogP contribution in [0.2, 0.25) is 0 Å². The summed E-state index contributed by atoms with van der Waals surface area (Å²) in [5.74, 6) is -0.0371. The van der Waals surface area contributed by atoms with Gasteiger partial charge in [0.25, 0.3) is 0 Å². The van der Waals surface area contributed by atoms with E-state index < -0.39 is 0 Å². The molecule has 1 amide bonds. The molecule has 1 aromatic rings. The van der Waals surface area contributed by atoms with Gasteiger partial charge in [0.2, 0.25) is 5.91 Å². The third-order valence-corrected chi connectivity index (χ3v) is 2.86. The monoisotopic (exact) mass is 275 g/mol. The standard InChI is InChI=1S/C16H25N3O/c17-11-6-13-18-12-4-5-14-19-16(20)10-9-15-7-2-1-3-8-15/h1-3,7-10,18H,4-6,11-14,17H2,(H,19,20). The Labute approximate surface area is 121 Å². The van der Waals surface area contributed by atoms with Gasteiger partial charge < -0.3 is 16.4 Å². The van der Waals surface area contributed by atoms with Crippen molar-refractivity contribution in [3.8, 4) is 0 Å². The van der Waals surface area contributed by atoms with Crippen molar-refractivity contribution in [3.63, 3.8) is 0 Å². The summed E-state index contributed by atoms with van der Waals surface area (Å²) in [6.07, 6.45) is 6.47. The van der Waals surface area contributed by atoms with Gasteiger partial charge in [0.05, 0.1) is 0 Å². The molecule has 4 N–H and O–H groups in total. The van der Waals surface area contributed by atoms with Gasteiger partial charge in [-0.25, -0.2) is 0 Å². The number of benzene rings is 1. The molecule has 20 heavy (non-hydrogen) atoms. The fourth-order valence-electron chi connectivity index (χ4n) is 1.73. The van der Waals surface area contributed by atoms with Gasteiger partial charge in [0, 0.05) is 12.6 Å². The molecule has 0 bridgehead atoms. The van der Waals surface area contributed by atoms with Crippen LogP contribution in [-0.4, -0.2) is 32.1 Å². The maximum atomic E-state index is 11.6. The number of nitrogens with two attached hydrogens (primary N) is 1. The Morgan fingerprint density at radius 2 is 1.75 bits per heavy atom. The molecule has 0 spiro atoms. The lowest BCUT2D eigenvalue weighted by atomic mass is 10.2. The van der Waals surface area contributed by atoms with Crippen molar-refractivity contribution >= 4 is 12.0 Å². The first-order valence-electron chi connectivity index (χ1n) is 7.24. The molecule has 0 fully saturated rings. The van der Waals surface area contributed by atoms with Gasteiger partial charge in [-0.1, -0.05) is 30.3 Å². The van der Waals surface area contributed by atoms with Gasteiger partial charge in [0.1, 0.15) is 0 Å². The fraction of sp³-hybridized carbons (Fsp3) is 0.438. The summed E-state index contributed by atoms with van der Waals surface area (Å²) < 4.78 is 0. The molecule has 0 saturated carbocycles. The van der Waals surface area contributed by atoms with Crippen molar-refractivity contribution < 1.29 is 4.79 Å². The van der Waals surface area contributed by atoms with Crippen LogP contribution in [-0.2, 0) is 4.79 Å². The molecule has 1 aromatic carbocycles. The van der Waals surface area contributed by atoms with Crippen LogP contribution in [0.5, 0.6) is 0 Å². The normalized spacial score (nSPS) is 10.8. The minimum Gasteiger partial charge on any atom is -0.353 e. The van der Waals surface area contributed by atoms with Crippen molar-refractivity contribution in [2.45, 2.75) is 19.3 Å². The van der Waals surface area contributed by atoms with E-state index in [-0.39, 0.29) is 5.91 Å². The second-order valence-electron chi connectivity index (χ2n) is 4.63. The smallest absolute Gasteiger partial charge is 0.243 e. The highest BCUT2D eigenvalue weighted by atomic mass is 16.1. The first kappa shape index (κ1) is 16.4. The van der Waals surface area contributed by atoms with Crippen LogP contribution in [0.3, 0.4) is 0 Å². The molecular formula is C16H25N3O. The summed E-state index contributed by atoms with van der Waals surface area (Å²) in [7, 11) is 0. The summed E-state index contributed by atoms with van der Waals surface area (Å²) in [4.78, 5) is 11.6. The average molecular weight is 275 g/mol. The van der Waals surface area contributed by atoms with Crippen LogP contribution in [0.25, 0.3) is 6.08 Å². The third kappa shape index (κ3) is 8.45.